The predicted octanol–water partition coefficient (Wildman–Crippen LogP) is 3.44. The molecule has 0 aliphatic rings. The summed E-state index contributed by atoms with van der Waals surface area (Å²) in [5.41, 5.74) is 3.06. The van der Waals surface area contributed by atoms with Crippen LogP contribution in [0.1, 0.15) is 24.2 Å². The van der Waals surface area contributed by atoms with Gasteiger partial charge in [0.15, 0.2) is 0 Å². The van der Waals surface area contributed by atoms with Crippen LogP contribution in [-0.4, -0.2) is 38.0 Å². The Labute approximate surface area is 157 Å². The Hall–Kier alpha value is -2.28. The first-order chi connectivity index (χ1) is 12.5. The van der Waals surface area contributed by atoms with Gasteiger partial charge in [-0.2, -0.15) is 4.80 Å². The molecular weight excluding hydrogens is 352 g/mol. The Morgan fingerprint density at radius 2 is 1.81 bits per heavy atom. The standard InChI is InChI=1S/C19H21ClN4O2/c1-13-3-5-16(6-4-13)19-21-23-24(22-19)11-18(25)12-26-14(2)15-7-9-17(20)10-8-15/h3-10,14,18,25H,11-12H2,1-2H3. The Balaban J connectivity index is 1.52. The van der Waals surface area contributed by atoms with Crippen molar-refractivity contribution in [1.29, 1.82) is 0 Å². The van der Waals surface area contributed by atoms with E-state index in [1.54, 1.807) is 0 Å². The number of benzene rings is 2. The summed E-state index contributed by atoms with van der Waals surface area (Å²) in [5, 5.41) is 23.2. The van der Waals surface area contributed by atoms with E-state index in [4.69, 9.17) is 16.3 Å². The van der Waals surface area contributed by atoms with Crippen LogP contribution in [0.2, 0.25) is 5.02 Å². The molecule has 0 amide bonds. The van der Waals surface area contributed by atoms with Gasteiger partial charge in [0.25, 0.3) is 0 Å². The van der Waals surface area contributed by atoms with E-state index in [0.29, 0.717) is 10.8 Å². The largest absolute Gasteiger partial charge is 0.389 e. The summed E-state index contributed by atoms with van der Waals surface area (Å²) in [6.07, 6.45) is -0.876. The molecule has 2 aromatic carbocycles. The fourth-order valence-corrected chi connectivity index (χ4v) is 2.59. The lowest BCUT2D eigenvalue weighted by Gasteiger charge is -2.16. The normalized spacial score (nSPS) is 13.5. The molecule has 2 atom stereocenters. The number of aromatic nitrogens is 4. The highest BCUT2D eigenvalue weighted by Gasteiger charge is 2.13. The molecule has 0 saturated heterocycles. The van der Waals surface area contributed by atoms with E-state index in [9.17, 15) is 5.11 Å². The SMILES string of the molecule is Cc1ccc(-c2nnn(CC(O)COC(C)c3ccc(Cl)cc3)n2)cc1. The number of ether oxygens (including phenoxy) is 1. The van der Waals surface area contributed by atoms with Crippen molar-refractivity contribution in [3.63, 3.8) is 0 Å². The summed E-state index contributed by atoms with van der Waals surface area (Å²) < 4.78 is 5.72. The first-order valence-corrected chi connectivity index (χ1v) is 8.79. The van der Waals surface area contributed by atoms with Gasteiger partial charge in [-0.25, -0.2) is 0 Å². The number of rotatable bonds is 7. The minimum Gasteiger partial charge on any atom is -0.389 e. The van der Waals surface area contributed by atoms with Gasteiger partial charge in [-0.05, 0) is 36.8 Å². The molecule has 1 heterocycles. The van der Waals surface area contributed by atoms with Crippen molar-refractivity contribution in [2.24, 2.45) is 0 Å². The number of hydrogen-bond donors (Lipinski definition) is 1. The monoisotopic (exact) mass is 372 g/mol. The molecular formula is C19H21ClN4O2. The van der Waals surface area contributed by atoms with Gasteiger partial charge in [0.1, 0.15) is 0 Å². The van der Waals surface area contributed by atoms with Crippen LogP contribution in [0.25, 0.3) is 11.4 Å². The van der Waals surface area contributed by atoms with Crippen LogP contribution < -0.4 is 0 Å². The summed E-state index contributed by atoms with van der Waals surface area (Å²) in [7, 11) is 0. The van der Waals surface area contributed by atoms with E-state index in [0.717, 1.165) is 11.1 Å². The molecule has 0 saturated carbocycles. The lowest BCUT2D eigenvalue weighted by molar-refractivity contribution is -0.0116. The number of aliphatic hydroxyl groups is 1. The average molecular weight is 373 g/mol. The van der Waals surface area contributed by atoms with Crippen molar-refractivity contribution in [3.05, 3.63) is 64.7 Å². The number of halogens is 1. The number of aliphatic hydroxyl groups excluding tert-OH is 1. The number of aryl methyl sites for hydroxylation is 1. The molecule has 26 heavy (non-hydrogen) atoms. The van der Waals surface area contributed by atoms with Crippen molar-refractivity contribution < 1.29 is 9.84 Å². The molecule has 0 fully saturated rings. The third-order valence-electron chi connectivity index (χ3n) is 4.01. The molecule has 3 rings (SSSR count). The van der Waals surface area contributed by atoms with Crippen molar-refractivity contribution >= 4 is 11.6 Å². The van der Waals surface area contributed by atoms with Crippen molar-refractivity contribution in [2.75, 3.05) is 6.61 Å². The lowest BCUT2D eigenvalue weighted by atomic mass is 10.1. The summed E-state index contributed by atoms with van der Waals surface area (Å²) in [4.78, 5) is 1.39. The second-order valence-corrected chi connectivity index (χ2v) is 6.65. The van der Waals surface area contributed by atoms with E-state index in [1.165, 1.54) is 10.4 Å². The second kappa shape index (κ2) is 8.40. The molecule has 0 radical (unpaired) electrons. The first-order valence-electron chi connectivity index (χ1n) is 8.41. The predicted molar refractivity (Wildman–Crippen MR) is 99.8 cm³/mol. The zero-order chi connectivity index (χ0) is 18.5. The van der Waals surface area contributed by atoms with Crippen molar-refractivity contribution in [1.82, 2.24) is 20.2 Å². The van der Waals surface area contributed by atoms with Crippen LogP contribution in [0, 0.1) is 6.92 Å². The third-order valence-corrected chi connectivity index (χ3v) is 4.27. The Morgan fingerprint density at radius 1 is 1.12 bits per heavy atom. The second-order valence-electron chi connectivity index (χ2n) is 6.21. The third kappa shape index (κ3) is 4.88. The highest BCUT2D eigenvalue weighted by molar-refractivity contribution is 6.30. The Bertz CT molecular complexity index is 834. The number of hydrogen-bond acceptors (Lipinski definition) is 5. The van der Waals surface area contributed by atoms with E-state index in [-0.39, 0.29) is 19.3 Å². The molecule has 0 aliphatic heterocycles. The number of nitrogens with zero attached hydrogens (tertiary/aromatic N) is 4. The zero-order valence-electron chi connectivity index (χ0n) is 14.7. The van der Waals surface area contributed by atoms with Gasteiger partial charge >= 0.3 is 0 Å². The van der Waals surface area contributed by atoms with Crippen LogP contribution >= 0.6 is 11.6 Å². The summed E-state index contributed by atoms with van der Waals surface area (Å²) >= 11 is 5.88. The molecule has 2 unspecified atom stereocenters. The summed E-state index contributed by atoms with van der Waals surface area (Å²) in [6.45, 7) is 4.34. The van der Waals surface area contributed by atoms with Crippen LogP contribution in [0.15, 0.2) is 48.5 Å². The molecule has 0 spiro atoms. The molecule has 0 bridgehead atoms. The van der Waals surface area contributed by atoms with Gasteiger partial charge in [0.2, 0.25) is 5.82 Å². The van der Waals surface area contributed by atoms with Crippen molar-refractivity contribution in [2.45, 2.75) is 32.6 Å². The smallest absolute Gasteiger partial charge is 0.204 e. The molecule has 7 heteroatoms. The maximum Gasteiger partial charge on any atom is 0.204 e. The fourth-order valence-electron chi connectivity index (χ4n) is 2.47. The van der Waals surface area contributed by atoms with Crippen LogP contribution in [0.3, 0.4) is 0 Å². The van der Waals surface area contributed by atoms with Gasteiger partial charge in [0, 0.05) is 10.6 Å². The summed E-state index contributed by atoms with van der Waals surface area (Å²) in [6, 6.07) is 15.3. The quantitative estimate of drug-likeness (QED) is 0.687. The molecule has 6 nitrogen and oxygen atoms in total. The van der Waals surface area contributed by atoms with Gasteiger partial charge in [-0.1, -0.05) is 53.6 Å². The highest BCUT2D eigenvalue weighted by atomic mass is 35.5. The van der Waals surface area contributed by atoms with E-state index in [1.807, 2.05) is 62.4 Å². The first kappa shape index (κ1) is 18.5. The Kier molecular flexibility index (Phi) is 5.98. The van der Waals surface area contributed by atoms with E-state index in [2.05, 4.69) is 15.4 Å². The van der Waals surface area contributed by atoms with Gasteiger partial charge in [-0.3, -0.25) is 0 Å². The minimum atomic E-state index is -0.732. The van der Waals surface area contributed by atoms with Crippen LogP contribution in [-0.2, 0) is 11.3 Å². The summed E-state index contributed by atoms with van der Waals surface area (Å²) in [5.74, 6) is 0.535. The van der Waals surface area contributed by atoms with Crippen LogP contribution in [0.5, 0.6) is 0 Å². The topological polar surface area (TPSA) is 73.1 Å². The highest BCUT2D eigenvalue weighted by Crippen LogP contribution is 2.19. The van der Waals surface area contributed by atoms with Crippen LogP contribution in [0.4, 0.5) is 0 Å². The molecule has 0 aliphatic carbocycles. The molecule has 3 aromatic rings. The zero-order valence-corrected chi connectivity index (χ0v) is 15.5. The molecule has 1 aromatic heterocycles. The molecule has 1 N–H and O–H groups in total. The van der Waals surface area contributed by atoms with Gasteiger partial charge in [0.05, 0.1) is 25.4 Å². The van der Waals surface area contributed by atoms with Gasteiger partial charge in [-0.15, -0.1) is 10.2 Å². The van der Waals surface area contributed by atoms with Crippen molar-refractivity contribution in [3.8, 4) is 11.4 Å². The maximum atomic E-state index is 10.2. The van der Waals surface area contributed by atoms with Gasteiger partial charge < -0.3 is 9.84 Å². The Morgan fingerprint density at radius 3 is 2.50 bits per heavy atom. The maximum absolute atomic E-state index is 10.2. The van der Waals surface area contributed by atoms with E-state index >= 15 is 0 Å². The molecule has 136 valence electrons. The lowest BCUT2D eigenvalue weighted by Crippen LogP contribution is -2.24. The average Bonchev–Trinajstić information content (AvgIpc) is 3.09. The minimum absolute atomic E-state index is 0.145. The van der Waals surface area contributed by atoms with E-state index < -0.39 is 6.10 Å². The fraction of sp³-hybridized carbons (Fsp3) is 0.316. The number of tetrazole rings is 1.